The number of hydrogen-bond acceptors (Lipinski definition) is 6. The minimum absolute atomic E-state index is 0.0754. The van der Waals surface area contributed by atoms with Crippen molar-refractivity contribution in [2.24, 2.45) is 17.8 Å². The number of hydrogen-bond donors (Lipinski definition) is 3. The summed E-state index contributed by atoms with van der Waals surface area (Å²) in [6, 6.07) is 15.4. The van der Waals surface area contributed by atoms with Crippen molar-refractivity contribution in [3.63, 3.8) is 0 Å². The van der Waals surface area contributed by atoms with Crippen molar-refractivity contribution in [1.82, 2.24) is 10.2 Å². The van der Waals surface area contributed by atoms with Crippen LogP contribution in [-0.4, -0.2) is 63.0 Å². The third kappa shape index (κ3) is 4.59. The Morgan fingerprint density at radius 3 is 2.41 bits per heavy atom. The molecule has 3 N–H and O–H groups in total. The van der Waals surface area contributed by atoms with Crippen LogP contribution in [-0.2, 0) is 20.9 Å². The zero-order valence-corrected chi connectivity index (χ0v) is 23.7. The van der Waals surface area contributed by atoms with Gasteiger partial charge in [0.05, 0.1) is 36.3 Å². The second kappa shape index (κ2) is 10.5. The Morgan fingerprint density at radius 2 is 1.79 bits per heavy atom. The van der Waals surface area contributed by atoms with Crippen LogP contribution in [0.1, 0.15) is 39.2 Å². The first-order valence-corrected chi connectivity index (χ1v) is 14.4. The zero-order chi connectivity index (χ0) is 27.9. The zero-order valence-electron chi connectivity index (χ0n) is 22.8. The second-order valence-corrected chi connectivity index (χ2v) is 13.3. The number of carbonyl (C=O) groups excluding carboxylic acids is 3. The fourth-order valence-electron chi connectivity index (χ4n) is 6.82. The van der Waals surface area contributed by atoms with Gasteiger partial charge < -0.3 is 25.4 Å². The molecule has 3 saturated heterocycles. The summed E-state index contributed by atoms with van der Waals surface area (Å²) in [4.78, 5) is 43.7. The summed E-state index contributed by atoms with van der Waals surface area (Å²) < 4.78 is 4.02. The van der Waals surface area contributed by atoms with E-state index in [-0.39, 0.29) is 30.2 Å². The number of aliphatic hydroxyl groups is 1. The van der Waals surface area contributed by atoms with E-state index in [0.29, 0.717) is 24.4 Å². The molecule has 39 heavy (non-hydrogen) atoms. The molecule has 0 aliphatic carbocycles. The molecule has 2 aromatic carbocycles. The molecular weight excluding hydrogens is 514 g/mol. The van der Waals surface area contributed by atoms with Gasteiger partial charge in [-0.3, -0.25) is 14.4 Å². The summed E-state index contributed by atoms with van der Waals surface area (Å²) in [6.45, 7) is 6.05. The molecule has 8 nitrogen and oxygen atoms in total. The van der Waals surface area contributed by atoms with Gasteiger partial charge in [-0.1, -0.05) is 44.2 Å². The molecule has 3 aliphatic heterocycles. The third-order valence-corrected chi connectivity index (χ3v) is 10.7. The highest BCUT2D eigenvalue weighted by Gasteiger charge is 2.77. The number of anilines is 1. The van der Waals surface area contributed by atoms with E-state index in [2.05, 4.69) is 17.6 Å². The standard InChI is InChI=1S/C30H37N3O5S/c1-18(2)22(17-34)33-25(27(36)32-20-10-12-21(38-4)13-11-20)30-15-14-29(3,39-30)23(24(30)28(33)37)26(35)31-16-19-8-6-5-7-9-19/h5-13,18,22-25,34H,14-17H2,1-4H3,(H,31,35)(H,32,36)/t22-,23-,24-,25?,29+,30?/m0/s1. The number of ether oxygens (including phenoxy) is 1. The number of likely N-dealkylation sites (tertiary alicyclic amines) is 1. The smallest absolute Gasteiger partial charge is 0.248 e. The number of nitrogens with one attached hydrogen (secondary N) is 2. The number of amides is 3. The minimum Gasteiger partial charge on any atom is -0.497 e. The SMILES string of the molecule is COc1ccc(NC(=O)C2N([C@@H](CO)C(C)C)C(=O)[C@@H]3[C@@H](C(=O)NCc4ccccc4)[C@@]4(C)CCC23S4)cc1. The molecule has 0 radical (unpaired) electrons. The van der Waals surface area contributed by atoms with Gasteiger partial charge in [0, 0.05) is 17.0 Å². The summed E-state index contributed by atoms with van der Waals surface area (Å²) in [7, 11) is 1.58. The number of nitrogens with zero attached hydrogens (tertiary/aromatic N) is 1. The fourth-order valence-corrected chi connectivity index (χ4v) is 9.16. The van der Waals surface area contributed by atoms with Gasteiger partial charge in [0.25, 0.3) is 0 Å². The first-order chi connectivity index (χ1) is 18.6. The van der Waals surface area contributed by atoms with E-state index in [1.807, 2.05) is 44.2 Å². The minimum atomic E-state index is -0.810. The average Bonchev–Trinajstić information content (AvgIpc) is 3.49. The second-order valence-electron chi connectivity index (χ2n) is 11.4. The Labute approximate surface area is 233 Å². The van der Waals surface area contributed by atoms with E-state index < -0.39 is 33.4 Å². The highest BCUT2D eigenvalue weighted by atomic mass is 32.2. The lowest BCUT2D eigenvalue weighted by Gasteiger charge is -2.38. The van der Waals surface area contributed by atoms with Crippen molar-refractivity contribution in [3.05, 3.63) is 60.2 Å². The summed E-state index contributed by atoms with van der Waals surface area (Å²) in [5, 5.41) is 16.4. The lowest BCUT2D eigenvalue weighted by Crippen LogP contribution is -2.56. The Hall–Kier alpha value is -3.04. The van der Waals surface area contributed by atoms with Crippen molar-refractivity contribution >= 4 is 35.2 Å². The van der Waals surface area contributed by atoms with Crippen LogP contribution in [0.15, 0.2) is 54.6 Å². The molecule has 0 aromatic heterocycles. The Kier molecular flexibility index (Phi) is 7.41. The van der Waals surface area contributed by atoms with E-state index in [1.54, 1.807) is 48.0 Å². The average molecular weight is 552 g/mol. The van der Waals surface area contributed by atoms with Gasteiger partial charge in [-0.05, 0) is 55.5 Å². The summed E-state index contributed by atoms with van der Waals surface area (Å²) in [5.74, 6) is -1.28. The molecule has 0 saturated carbocycles. The van der Waals surface area contributed by atoms with Gasteiger partial charge in [-0.2, -0.15) is 0 Å². The molecule has 3 amide bonds. The molecule has 3 heterocycles. The molecule has 3 fully saturated rings. The highest BCUT2D eigenvalue weighted by molar-refractivity contribution is 8.02. The van der Waals surface area contributed by atoms with Crippen LogP contribution < -0.4 is 15.4 Å². The van der Waals surface area contributed by atoms with Gasteiger partial charge >= 0.3 is 0 Å². The first-order valence-electron chi connectivity index (χ1n) is 13.5. The number of rotatable bonds is 9. The quantitative estimate of drug-likeness (QED) is 0.441. The van der Waals surface area contributed by atoms with Crippen molar-refractivity contribution in [2.45, 2.75) is 61.7 Å². The maximum atomic E-state index is 14.3. The van der Waals surface area contributed by atoms with Crippen molar-refractivity contribution in [1.29, 1.82) is 0 Å². The molecule has 5 rings (SSSR count). The van der Waals surface area contributed by atoms with Crippen LogP contribution >= 0.6 is 11.8 Å². The lowest BCUT2D eigenvalue weighted by molar-refractivity contribution is -0.143. The van der Waals surface area contributed by atoms with E-state index in [0.717, 1.165) is 12.0 Å². The summed E-state index contributed by atoms with van der Waals surface area (Å²) in [6.07, 6.45) is 1.39. The topological polar surface area (TPSA) is 108 Å². The van der Waals surface area contributed by atoms with Gasteiger partial charge in [0.15, 0.2) is 0 Å². The fraction of sp³-hybridized carbons (Fsp3) is 0.500. The molecule has 3 aliphatic rings. The van der Waals surface area contributed by atoms with Crippen LogP contribution in [0.2, 0.25) is 0 Å². The molecule has 2 aromatic rings. The molecular formula is C30H37N3O5S. The van der Waals surface area contributed by atoms with Gasteiger partial charge in [0.1, 0.15) is 11.8 Å². The number of fused-ring (bicyclic) bond motifs is 1. The Balaban J connectivity index is 1.49. The van der Waals surface area contributed by atoms with E-state index in [9.17, 15) is 19.5 Å². The maximum Gasteiger partial charge on any atom is 0.248 e. The molecule has 208 valence electrons. The summed E-state index contributed by atoms with van der Waals surface area (Å²) >= 11 is 1.62. The van der Waals surface area contributed by atoms with Crippen LogP contribution in [0.3, 0.4) is 0 Å². The maximum absolute atomic E-state index is 14.3. The van der Waals surface area contributed by atoms with Crippen LogP contribution in [0, 0.1) is 17.8 Å². The van der Waals surface area contributed by atoms with Gasteiger partial charge in [-0.25, -0.2) is 0 Å². The van der Waals surface area contributed by atoms with Gasteiger partial charge in [-0.15, -0.1) is 11.8 Å². The number of thioether (sulfide) groups is 1. The molecule has 2 bridgehead atoms. The molecule has 9 heteroatoms. The number of methoxy groups -OCH3 is 1. The molecule has 6 atom stereocenters. The largest absolute Gasteiger partial charge is 0.497 e. The van der Waals surface area contributed by atoms with Crippen molar-refractivity contribution in [3.8, 4) is 5.75 Å². The number of benzene rings is 2. The van der Waals surface area contributed by atoms with E-state index in [1.165, 1.54) is 0 Å². The van der Waals surface area contributed by atoms with Crippen molar-refractivity contribution < 1.29 is 24.2 Å². The number of carbonyl (C=O) groups is 3. The third-order valence-electron chi connectivity index (χ3n) is 8.73. The van der Waals surface area contributed by atoms with Gasteiger partial charge in [0.2, 0.25) is 17.7 Å². The Bertz CT molecular complexity index is 1240. The molecule has 2 unspecified atom stereocenters. The first kappa shape index (κ1) is 27.5. The Morgan fingerprint density at radius 1 is 1.10 bits per heavy atom. The monoisotopic (exact) mass is 551 g/mol. The van der Waals surface area contributed by atoms with Crippen LogP contribution in [0.4, 0.5) is 5.69 Å². The summed E-state index contributed by atoms with van der Waals surface area (Å²) in [5.41, 5.74) is 1.58. The normalized spacial score (nSPS) is 29.8. The van der Waals surface area contributed by atoms with Crippen molar-refractivity contribution in [2.75, 3.05) is 19.0 Å². The molecule has 1 spiro atoms. The van der Waals surface area contributed by atoms with Crippen LogP contribution in [0.25, 0.3) is 0 Å². The highest BCUT2D eigenvalue weighted by Crippen LogP contribution is 2.71. The number of aliphatic hydroxyl groups excluding tert-OH is 1. The van der Waals surface area contributed by atoms with E-state index in [4.69, 9.17) is 4.74 Å². The predicted molar refractivity (Wildman–Crippen MR) is 151 cm³/mol. The predicted octanol–water partition coefficient (Wildman–Crippen LogP) is 3.45. The lowest BCUT2D eigenvalue weighted by atomic mass is 9.66. The van der Waals surface area contributed by atoms with Crippen LogP contribution in [0.5, 0.6) is 5.75 Å². The van der Waals surface area contributed by atoms with E-state index >= 15 is 0 Å².